The number of carbonyl (C=O) groups excluding carboxylic acids is 1. The lowest BCUT2D eigenvalue weighted by Crippen LogP contribution is -2.38. The predicted octanol–water partition coefficient (Wildman–Crippen LogP) is 1.87. The van der Waals surface area contributed by atoms with Gasteiger partial charge in [-0.2, -0.15) is 0 Å². The minimum absolute atomic E-state index is 0.135. The van der Waals surface area contributed by atoms with Crippen LogP contribution in [-0.4, -0.2) is 35.1 Å². The molecule has 0 saturated heterocycles. The topological polar surface area (TPSA) is 55.3 Å². The van der Waals surface area contributed by atoms with Crippen LogP contribution < -0.4 is 4.90 Å². The Morgan fingerprint density at radius 2 is 1.89 bits per heavy atom. The molecule has 18 heavy (non-hydrogen) atoms. The van der Waals surface area contributed by atoms with E-state index < -0.39 is 0 Å². The maximum atomic E-state index is 11.6. The second-order valence-corrected chi connectivity index (χ2v) is 4.48. The SMILES string of the molecule is CCOC(=O)CN(c1nc(C)cc(C)n1)C(C)C. The Morgan fingerprint density at radius 3 is 2.33 bits per heavy atom. The monoisotopic (exact) mass is 251 g/mol. The third-order valence-electron chi connectivity index (χ3n) is 2.46. The van der Waals surface area contributed by atoms with Crippen LogP contribution in [0.15, 0.2) is 6.07 Å². The van der Waals surface area contributed by atoms with Crippen molar-refractivity contribution in [3.8, 4) is 0 Å². The highest BCUT2D eigenvalue weighted by Gasteiger charge is 2.18. The van der Waals surface area contributed by atoms with Crippen LogP contribution in [0.1, 0.15) is 32.2 Å². The number of hydrogen-bond donors (Lipinski definition) is 0. The maximum absolute atomic E-state index is 11.6. The molecule has 1 aromatic rings. The first kappa shape index (κ1) is 14.4. The molecule has 1 heterocycles. The van der Waals surface area contributed by atoms with Crippen molar-refractivity contribution in [1.82, 2.24) is 9.97 Å². The highest BCUT2D eigenvalue weighted by atomic mass is 16.5. The van der Waals surface area contributed by atoms with Gasteiger partial charge in [-0.05, 0) is 40.7 Å². The number of esters is 1. The van der Waals surface area contributed by atoms with Gasteiger partial charge in [0.1, 0.15) is 6.54 Å². The van der Waals surface area contributed by atoms with E-state index in [0.29, 0.717) is 12.6 Å². The van der Waals surface area contributed by atoms with Gasteiger partial charge in [0.05, 0.1) is 6.61 Å². The molecule has 0 aromatic carbocycles. The van der Waals surface area contributed by atoms with Crippen molar-refractivity contribution in [2.45, 2.75) is 40.7 Å². The Kier molecular flexibility index (Phi) is 5.07. The van der Waals surface area contributed by atoms with Crippen molar-refractivity contribution in [2.75, 3.05) is 18.1 Å². The summed E-state index contributed by atoms with van der Waals surface area (Å²) in [6.07, 6.45) is 0. The van der Waals surface area contributed by atoms with Crippen molar-refractivity contribution in [2.24, 2.45) is 0 Å². The zero-order valence-corrected chi connectivity index (χ0v) is 11.7. The summed E-state index contributed by atoms with van der Waals surface area (Å²) in [7, 11) is 0. The summed E-state index contributed by atoms with van der Waals surface area (Å²) >= 11 is 0. The molecule has 0 aliphatic rings. The number of ether oxygens (including phenoxy) is 1. The first-order chi connectivity index (χ1) is 8.43. The van der Waals surface area contributed by atoms with E-state index in [1.165, 1.54) is 0 Å². The number of carbonyl (C=O) groups is 1. The first-order valence-corrected chi connectivity index (χ1v) is 6.18. The van der Waals surface area contributed by atoms with Gasteiger partial charge in [-0.25, -0.2) is 9.97 Å². The van der Waals surface area contributed by atoms with Crippen molar-refractivity contribution in [3.63, 3.8) is 0 Å². The van der Waals surface area contributed by atoms with Crippen LogP contribution in [0.2, 0.25) is 0 Å². The van der Waals surface area contributed by atoms with E-state index >= 15 is 0 Å². The Bertz CT molecular complexity index is 398. The number of hydrogen-bond acceptors (Lipinski definition) is 5. The molecular formula is C13H21N3O2. The fourth-order valence-electron chi connectivity index (χ4n) is 1.67. The maximum Gasteiger partial charge on any atom is 0.325 e. The standard InChI is InChI=1S/C13H21N3O2/c1-6-18-12(17)8-16(9(2)3)13-14-10(4)7-11(5)15-13/h7,9H,6,8H2,1-5H3. The molecule has 0 saturated carbocycles. The summed E-state index contributed by atoms with van der Waals surface area (Å²) in [5.74, 6) is 0.324. The summed E-state index contributed by atoms with van der Waals surface area (Å²) in [5, 5.41) is 0. The van der Waals surface area contributed by atoms with Gasteiger partial charge in [0.2, 0.25) is 5.95 Å². The van der Waals surface area contributed by atoms with Crippen molar-refractivity contribution < 1.29 is 9.53 Å². The summed E-state index contributed by atoms with van der Waals surface area (Å²) in [6, 6.07) is 2.04. The van der Waals surface area contributed by atoms with Crippen LogP contribution in [0.3, 0.4) is 0 Å². The predicted molar refractivity (Wildman–Crippen MR) is 70.6 cm³/mol. The highest BCUT2D eigenvalue weighted by Crippen LogP contribution is 2.13. The zero-order valence-electron chi connectivity index (χ0n) is 11.7. The molecule has 0 spiro atoms. The van der Waals surface area contributed by atoms with E-state index in [-0.39, 0.29) is 18.6 Å². The van der Waals surface area contributed by atoms with Crippen LogP contribution >= 0.6 is 0 Å². The molecule has 0 aliphatic heterocycles. The van der Waals surface area contributed by atoms with Gasteiger partial charge in [0.15, 0.2) is 0 Å². The average Bonchev–Trinajstić information content (AvgIpc) is 2.24. The summed E-state index contributed by atoms with van der Waals surface area (Å²) in [4.78, 5) is 22.2. The van der Waals surface area contributed by atoms with Crippen LogP contribution in [-0.2, 0) is 9.53 Å². The molecule has 0 atom stereocenters. The highest BCUT2D eigenvalue weighted by molar-refractivity contribution is 5.75. The largest absolute Gasteiger partial charge is 0.465 e. The molecule has 5 heteroatoms. The van der Waals surface area contributed by atoms with Gasteiger partial charge < -0.3 is 9.64 Å². The molecule has 0 amide bonds. The van der Waals surface area contributed by atoms with Gasteiger partial charge >= 0.3 is 5.97 Å². The molecular weight excluding hydrogens is 230 g/mol. The molecule has 100 valence electrons. The fourth-order valence-corrected chi connectivity index (χ4v) is 1.67. The second kappa shape index (κ2) is 6.33. The van der Waals surface area contributed by atoms with E-state index in [1.807, 2.05) is 38.7 Å². The molecule has 0 aliphatic carbocycles. The normalized spacial score (nSPS) is 10.6. The molecule has 5 nitrogen and oxygen atoms in total. The summed E-state index contributed by atoms with van der Waals surface area (Å²) in [6.45, 7) is 10.2. The Balaban J connectivity index is 2.93. The number of nitrogens with zero attached hydrogens (tertiary/aromatic N) is 3. The molecule has 1 rings (SSSR count). The lowest BCUT2D eigenvalue weighted by Gasteiger charge is -2.26. The molecule has 0 bridgehead atoms. The second-order valence-electron chi connectivity index (χ2n) is 4.48. The van der Waals surface area contributed by atoms with E-state index in [4.69, 9.17) is 4.74 Å². The lowest BCUT2D eigenvalue weighted by atomic mass is 10.3. The summed E-state index contributed by atoms with van der Waals surface area (Å²) < 4.78 is 4.97. The fraction of sp³-hybridized carbons (Fsp3) is 0.615. The van der Waals surface area contributed by atoms with E-state index in [1.54, 1.807) is 6.92 Å². The van der Waals surface area contributed by atoms with Crippen LogP contribution in [0.4, 0.5) is 5.95 Å². The molecule has 0 radical (unpaired) electrons. The van der Waals surface area contributed by atoms with Crippen LogP contribution in [0.5, 0.6) is 0 Å². The number of aromatic nitrogens is 2. The molecule has 1 aromatic heterocycles. The lowest BCUT2D eigenvalue weighted by molar-refractivity contribution is -0.141. The quantitative estimate of drug-likeness (QED) is 0.748. The van der Waals surface area contributed by atoms with E-state index in [0.717, 1.165) is 11.4 Å². The van der Waals surface area contributed by atoms with Crippen LogP contribution in [0.25, 0.3) is 0 Å². The average molecular weight is 251 g/mol. The Labute approximate surface area is 108 Å². The minimum Gasteiger partial charge on any atom is -0.465 e. The minimum atomic E-state index is -0.256. The smallest absolute Gasteiger partial charge is 0.325 e. The summed E-state index contributed by atoms with van der Waals surface area (Å²) in [5.41, 5.74) is 1.79. The Morgan fingerprint density at radius 1 is 1.33 bits per heavy atom. The first-order valence-electron chi connectivity index (χ1n) is 6.18. The van der Waals surface area contributed by atoms with Crippen molar-refractivity contribution >= 4 is 11.9 Å². The van der Waals surface area contributed by atoms with Gasteiger partial charge in [-0.15, -0.1) is 0 Å². The van der Waals surface area contributed by atoms with Gasteiger partial charge in [-0.1, -0.05) is 0 Å². The third-order valence-corrected chi connectivity index (χ3v) is 2.46. The van der Waals surface area contributed by atoms with Gasteiger partial charge in [0, 0.05) is 17.4 Å². The third kappa shape index (κ3) is 3.98. The van der Waals surface area contributed by atoms with E-state index in [2.05, 4.69) is 9.97 Å². The van der Waals surface area contributed by atoms with Crippen molar-refractivity contribution in [1.29, 1.82) is 0 Å². The van der Waals surface area contributed by atoms with Gasteiger partial charge in [-0.3, -0.25) is 4.79 Å². The van der Waals surface area contributed by atoms with Crippen LogP contribution in [0, 0.1) is 13.8 Å². The van der Waals surface area contributed by atoms with Gasteiger partial charge in [0.25, 0.3) is 0 Å². The Hall–Kier alpha value is -1.65. The zero-order chi connectivity index (χ0) is 13.7. The molecule has 0 unspecified atom stereocenters. The molecule has 0 N–H and O–H groups in total. The number of anilines is 1. The van der Waals surface area contributed by atoms with Crippen molar-refractivity contribution in [3.05, 3.63) is 17.5 Å². The number of aryl methyl sites for hydroxylation is 2. The van der Waals surface area contributed by atoms with E-state index in [9.17, 15) is 4.79 Å². The number of rotatable bonds is 5. The molecule has 0 fully saturated rings.